The van der Waals surface area contributed by atoms with Crippen molar-refractivity contribution in [1.29, 1.82) is 0 Å². The highest BCUT2D eigenvalue weighted by Crippen LogP contribution is 2.44. The van der Waals surface area contributed by atoms with Crippen LogP contribution in [0.25, 0.3) is 0 Å². The van der Waals surface area contributed by atoms with Gasteiger partial charge in [-0.05, 0) is 56.3 Å². The second-order valence-corrected chi connectivity index (χ2v) is 5.69. The first-order chi connectivity index (χ1) is 7.83. The van der Waals surface area contributed by atoms with Crippen LogP contribution < -0.4 is 0 Å². The van der Waals surface area contributed by atoms with E-state index in [9.17, 15) is 4.79 Å². The molecule has 0 heterocycles. The van der Waals surface area contributed by atoms with Gasteiger partial charge in [0.05, 0.1) is 0 Å². The molecule has 4 atom stereocenters. The first-order valence-electron chi connectivity index (χ1n) is 6.77. The molecule has 0 N–H and O–H groups in total. The van der Waals surface area contributed by atoms with Crippen LogP contribution in [0.15, 0.2) is 0 Å². The van der Waals surface area contributed by atoms with E-state index in [4.69, 9.17) is 4.74 Å². The fraction of sp³-hybridized carbons (Fsp3) is 0.929. The lowest BCUT2D eigenvalue weighted by Crippen LogP contribution is -2.31. The van der Waals surface area contributed by atoms with Crippen molar-refractivity contribution in [1.82, 2.24) is 0 Å². The third kappa shape index (κ3) is 2.85. The zero-order chi connectivity index (χ0) is 11.4. The van der Waals surface area contributed by atoms with Crippen LogP contribution in [-0.4, -0.2) is 20.0 Å². The van der Waals surface area contributed by atoms with Gasteiger partial charge in [-0.25, -0.2) is 0 Å². The fourth-order valence-corrected chi connectivity index (χ4v) is 3.69. The van der Waals surface area contributed by atoms with Gasteiger partial charge in [0.15, 0.2) is 0 Å². The maximum Gasteiger partial charge on any atom is 0.123 e. The summed E-state index contributed by atoms with van der Waals surface area (Å²) in [6, 6.07) is 0. The predicted octanol–water partition coefficient (Wildman–Crippen LogP) is 3.05. The van der Waals surface area contributed by atoms with Gasteiger partial charge in [0.2, 0.25) is 0 Å². The lowest BCUT2D eigenvalue weighted by Gasteiger charge is -2.41. The molecule has 92 valence electrons. The Morgan fingerprint density at radius 1 is 1.12 bits per heavy atom. The average molecular weight is 224 g/mol. The van der Waals surface area contributed by atoms with Crippen LogP contribution in [0, 0.1) is 23.7 Å². The molecule has 2 fully saturated rings. The third-order valence-corrected chi connectivity index (χ3v) is 4.68. The molecule has 0 aromatic heterocycles. The first-order valence-corrected chi connectivity index (χ1v) is 6.77. The summed E-state index contributed by atoms with van der Waals surface area (Å²) >= 11 is 0. The molecule has 16 heavy (non-hydrogen) atoms. The van der Waals surface area contributed by atoms with Crippen LogP contribution in [0.2, 0.25) is 0 Å². The highest BCUT2D eigenvalue weighted by atomic mass is 16.5. The molecule has 0 aromatic rings. The van der Waals surface area contributed by atoms with E-state index in [-0.39, 0.29) is 0 Å². The van der Waals surface area contributed by atoms with Gasteiger partial charge in [0.1, 0.15) is 6.29 Å². The molecule has 2 aliphatic carbocycles. The van der Waals surface area contributed by atoms with Gasteiger partial charge in [0.25, 0.3) is 0 Å². The van der Waals surface area contributed by atoms with Gasteiger partial charge in [-0.3, -0.25) is 0 Å². The van der Waals surface area contributed by atoms with Gasteiger partial charge in [-0.15, -0.1) is 0 Å². The number of carbonyl (C=O) groups is 1. The zero-order valence-corrected chi connectivity index (χ0v) is 10.4. The number of hydrogen-bond donors (Lipinski definition) is 0. The Balaban J connectivity index is 1.80. The number of fused-ring (bicyclic) bond motifs is 1. The van der Waals surface area contributed by atoms with E-state index in [1.54, 1.807) is 7.11 Å². The molecule has 0 saturated heterocycles. The van der Waals surface area contributed by atoms with Crippen LogP contribution in [0.3, 0.4) is 0 Å². The number of carbonyl (C=O) groups excluding carboxylic acids is 1. The van der Waals surface area contributed by atoms with Crippen molar-refractivity contribution in [3.8, 4) is 0 Å². The van der Waals surface area contributed by atoms with Crippen LogP contribution in [0.4, 0.5) is 0 Å². The minimum Gasteiger partial charge on any atom is -0.385 e. The molecular weight excluding hydrogens is 200 g/mol. The summed E-state index contributed by atoms with van der Waals surface area (Å²) in [6.07, 6.45) is 10.1. The Morgan fingerprint density at radius 3 is 2.62 bits per heavy atom. The van der Waals surface area contributed by atoms with E-state index in [1.165, 1.54) is 44.8 Å². The second kappa shape index (κ2) is 5.81. The highest BCUT2D eigenvalue weighted by Gasteiger charge is 2.35. The van der Waals surface area contributed by atoms with Crippen molar-refractivity contribution >= 4 is 6.29 Å². The number of rotatable bonds is 4. The van der Waals surface area contributed by atoms with Crippen LogP contribution in [-0.2, 0) is 9.53 Å². The normalized spacial score (nSPS) is 39.1. The molecule has 0 radical (unpaired) electrons. The Bertz CT molecular complexity index is 227. The topological polar surface area (TPSA) is 26.3 Å². The van der Waals surface area contributed by atoms with Gasteiger partial charge in [-0.2, -0.15) is 0 Å². The number of ether oxygens (including phenoxy) is 1. The Labute approximate surface area is 98.7 Å². The SMILES string of the molecule is COCCC1CCC2CC(C=O)CCC2C1. The highest BCUT2D eigenvalue weighted by molar-refractivity contribution is 5.53. The molecule has 2 saturated carbocycles. The summed E-state index contributed by atoms with van der Waals surface area (Å²) in [6.45, 7) is 0.916. The van der Waals surface area contributed by atoms with E-state index in [1.807, 2.05) is 0 Å². The standard InChI is InChI=1S/C14H24O2/c1-16-7-6-11-2-4-14-9-12(10-15)3-5-13(14)8-11/h10-14H,2-9H2,1H3. The summed E-state index contributed by atoms with van der Waals surface area (Å²) < 4.78 is 5.17. The molecule has 2 nitrogen and oxygen atoms in total. The lowest BCUT2D eigenvalue weighted by atomic mass is 9.64. The van der Waals surface area contributed by atoms with Crippen LogP contribution in [0.5, 0.6) is 0 Å². The summed E-state index contributed by atoms with van der Waals surface area (Å²) in [5.74, 6) is 3.01. The fourth-order valence-electron chi connectivity index (χ4n) is 3.69. The molecule has 2 rings (SSSR count). The van der Waals surface area contributed by atoms with Crippen molar-refractivity contribution in [2.45, 2.75) is 44.9 Å². The Kier molecular flexibility index (Phi) is 4.39. The van der Waals surface area contributed by atoms with E-state index >= 15 is 0 Å². The van der Waals surface area contributed by atoms with Crippen molar-refractivity contribution < 1.29 is 9.53 Å². The monoisotopic (exact) mass is 224 g/mol. The van der Waals surface area contributed by atoms with E-state index in [0.29, 0.717) is 5.92 Å². The molecular formula is C14H24O2. The summed E-state index contributed by atoms with van der Waals surface area (Å²) in [4.78, 5) is 10.8. The van der Waals surface area contributed by atoms with Gasteiger partial charge < -0.3 is 9.53 Å². The first kappa shape index (κ1) is 12.1. The maximum absolute atomic E-state index is 10.8. The molecule has 4 unspecified atom stereocenters. The molecule has 0 amide bonds. The average Bonchev–Trinajstić information content (AvgIpc) is 2.35. The molecule has 2 heteroatoms. The summed E-state index contributed by atoms with van der Waals surface area (Å²) in [5, 5.41) is 0. The number of methoxy groups -OCH3 is 1. The summed E-state index contributed by atoms with van der Waals surface area (Å²) in [7, 11) is 1.79. The van der Waals surface area contributed by atoms with Crippen molar-refractivity contribution in [2.75, 3.05) is 13.7 Å². The maximum atomic E-state index is 10.8. The Morgan fingerprint density at radius 2 is 1.88 bits per heavy atom. The lowest BCUT2D eigenvalue weighted by molar-refractivity contribution is -0.113. The van der Waals surface area contributed by atoms with E-state index in [2.05, 4.69) is 0 Å². The smallest absolute Gasteiger partial charge is 0.123 e. The number of hydrogen-bond acceptors (Lipinski definition) is 2. The third-order valence-electron chi connectivity index (χ3n) is 4.68. The molecule has 0 aromatic carbocycles. The Hall–Kier alpha value is -0.370. The van der Waals surface area contributed by atoms with Crippen molar-refractivity contribution in [2.24, 2.45) is 23.7 Å². The van der Waals surface area contributed by atoms with Crippen LogP contribution >= 0.6 is 0 Å². The minimum atomic E-state index is 0.372. The molecule has 0 spiro atoms. The zero-order valence-electron chi connectivity index (χ0n) is 10.4. The second-order valence-electron chi connectivity index (χ2n) is 5.69. The summed E-state index contributed by atoms with van der Waals surface area (Å²) in [5.41, 5.74) is 0. The quantitative estimate of drug-likeness (QED) is 0.686. The van der Waals surface area contributed by atoms with Crippen molar-refractivity contribution in [3.05, 3.63) is 0 Å². The predicted molar refractivity (Wildman–Crippen MR) is 64.2 cm³/mol. The largest absolute Gasteiger partial charge is 0.385 e. The van der Waals surface area contributed by atoms with Gasteiger partial charge in [0, 0.05) is 19.6 Å². The number of aldehydes is 1. The molecule has 0 aliphatic heterocycles. The van der Waals surface area contributed by atoms with E-state index < -0.39 is 0 Å². The van der Waals surface area contributed by atoms with Crippen molar-refractivity contribution in [3.63, 3.8) is 0 Å². The molecule has 0 bridgehead atoms. The van der Waals surface area contributed by atoms with Crippen LogP contribution in [0.1, 0.15) is 44.9 Å². The van der Waals surface area contributed by atoms with Gasteiger partial charge in [-0.1, -0.05) is 6.42 Å². The molecule has 2 aliphatic rings. The van der Waals surface area contributed by atoms with Gasteiger partial charge >= 0.3 is 0 Å². The minimum absolute atomic E-state index is 0.372. The van der Waals surface area contributed by atoms with E-state index in [0.717, 1.165) is 30.8 Å².